The van der Waals surface area contributed by atoms with Crippen LogP contribution in [0.3, 0.4) is 0 Å². The van der Waals surface area contributed by atoms with Gasteiger partial charge in [0.15, 0.2) is 0 Å². The first-order valence-electron chi connectivity index (χ1n) is 3.95. The maximum absolute atomic E-state index is 12.2. The first-order chi connectivity index (χ1) is 6.15. The molecule has 2 N–H and O–H groups in total. The predicted molar refractivity (Wildman–Crippen MR) is 47.0 cm³/mol. The number of anilines is 1. The molecule has 0 bridgehead atoms. The molecule has 0 saturated heterocycles. The van der Waals surface area contributed by atoms with Crippen molar-refractivity contribution in [1.82, 2.24) is 0 Å². The predicted octanol–water partition coefficient (Wildman–Crippen LogP) is 2.61. The fourth-order valence-corrected chi connectivity index (χ4v) is 0.990. The Labute approximate surface area is 75.3 Å². The molecular weight excluding hydrogens is 176 g/mol. The number of alkyl halides is 2. The van der Waals surface area contributed by atoms with Gasteiger partial charge in [-0.2, -0.15) is 0 Å². The minimum Gasteiger partial charge on any atom is -0.492 e. The summed E-state index contributed by atoms with van der Waals surface area (Å²) in [5, 5.41) is 0. The fraction of sp³-hybridized carbons (Fsp3) is 0.333. The van der Waals surface area contributed by atoms with Crippen molar-refractivity contribution in [3.8, 4) is 5.75 Å². The van der Waals surface area contributed by atoms with Crippen molar-refractivity contribution in [1.29, 1.82) is 0 Å². The van der Waals surface area contributed by atoms with Crippen LogP contribution in [0, 0.1) is 0 Å². The smallest absolute Gasteiger partial charge is 0.263 e. The van der Waals surface area contributed by atoms with Gasteiger partial charge in [0.1, 0.15) is 5.75 Å². The van der Waals surface area contributed by atoms with Crippen LogP contribution in [0.15, 0.2) is 18.2 Å². The summed E-state index contributed by atoms with van der Waals surface area (Å²) in [7, 11) is 0. The number of rotatable bonds is 3. The minimum atomic E-state index is -2.49. The molecule has 72 valence electrons. The standard InChI is InChI=1S/C9H11F2NO/c1-2-13-8-4-3-6(9(10)11)5-7(8)12/h3-5,9H,2,12H2,1H3. The zero-order chi connectivity index (χ0) is 9.84. The Hall–Kier alpha value is -1.32. The van der Waals surface area contributed by atoms with Gasteiger partial charge in [-0.05, 0) is 25.1 Å². The van der Waals surface area contributed by atoms with E-state index in [1.54, 1.807) is 6.92 Å². The molecule has 0 unspecified atom stereocenters. The van der Waals surface area contributed by atoms with Crippen molar-refractivity contribution in [3.05, 3.63) is 23.8 Å². The first-order valence-corrected chi connectivity index (χ1v) is 3.95. The molecule has 1 aromatic carbocycles. The average molecular weight is 187 g/mol. The number of nitrogen functional groups attached to an aromatic ring is 1. The molecule has 0 amide bonds. The van der Waals surface area contributed by atoms with E-state index in [1.807, 2.05) is 0 Å². The highest BCUT2D eigenvalue weighted by molar-refractivity contribution is 5.54. The molecule has 0 aromatic heterocycles. The summed E-state index contributed by atoms with van der Waals surface area (Å²) < 4.78 is 29.4. The molecule has 1 rings (SSSR count). The van der Waals surface area contributed by atoms with Gasteiger partial charge >= 0.3 is 0 Å². The molecule has 0 atom stereocenters. The highest BCUT2D eigenvalue weighted by atomic mass is 19.3. The zero-order valence-electron chi connectivity index (χ0n) is 7.26. The molecule has 0 heterocycles. The highest BCUT2D eigenvalue weighted by Crippen LogP contribution is 2.27. The van der Waals surface area contributed by atoms with E-state index in [0.29, 0.717) is 12.4 Å². The summed E-state index contributed by atoms with van der Waals surface area (Å²) in [6, 6.07) is 4.00. The molecule has 0 radical (unpaired) electrons. The van der Waals surface area contributed by atoms with Crippen LogP contribution >= 0.6 is 0 Å². The molecule has 0 aliphatic rings. The molecule has 0 fully saturated rings. The van der Waals surface area contributed by atoms with Gasteiger partial charge < -0.3 is 10.5 Å². The van der Waals surface area contributed by atoms with E-state index < -0.39 is 6.43 Å². The monoisotopic (exact) mass is 187 g/mol. The Morgan fingerprint density at radius 1 is 1.46 bits per heavy atom. The molecule has 2 nitrogen and oxygen atoms in total. The van der Waals surface area contributed by atoms with Crippen LogP contribution in [0.1, 0.15) is 18.9 Å². The SMILES string of the molecule is CCOc1ccc(C(F)F)cc1N. The van der Waals surface area contributed by atoms with E-state index in [1.165, 1.54) is 18.2 Å². The lowest BCUT2D eigenvalue weighted by atomic mass is 10.2. The van der Waals surface area contributed by atoms with Crippen LogP contribution in [-0.2, 0) is 0 Å². The second-order valence-corrected chi connectivity index (χ2v) is 2.53. The minimum absolute atomic E-state index is 0.0825. The lowest BCUT2D eigenvalue weighted by molar-refractivity contribution is 0.151. The Morgan fingerprint density at radius 2 is 2.15 bits per heavy atom. The normalized spacial score (nSPS) is 10.5. The summed E-state index contributed by atoms with van der Waals surface area (Å²) in [5.41, 5.74) is 5.65. The van der Waals surface area contributed by atoms with E-state index >= 15 is 0 Å². The van der Waals surface area contributed by atoms with Crippen molar-refractivity contribution in [2.45, 2.75) is 13.3 Å². The third-order valence-electron chi connectivity index (χ3n) is 1.59. The number of hydrogen-bond acceptors (Lipinski definition) is 2. The number of halogens is 2. The van der Waals surface area contributed by atoms with Crippen molar-refractivity contribution in [3.63, 3.8) is 0 Å². The quantitative estimate of drug-likeness (QED) is 0.738. The van der Waals surface area contributed by atoms with Crippen molar-refractivity contribution >= 4 is 5.69 Å². The summed E-state index contributed by atoms with van der Waals surface area (Å²) in [6.45, 7) is 2.28. The molecule has 0 spiro atoms. The lowest BCUT2D eigenvalue weighted by Gasteiger charge is -2.07. The van der Waals surface area contributed by atoms with E-state index in [4.69, 9.17) is 10.5 Å². The Bertz CT molecular complexity index is 289. The number of benzene rings is 1. The van der Waals surface area contributed by atoms with Gasteiger partial charge in [-0.3, -0.25) is 0 Å². The zero-order valence-corrected chi connectivity index (χ0v) is 7.26. The number of nitrogens with two attached hydrogens (primary N) is 1. The fourth-order valence-electron chi connectivity index (χ4n) is 0.990. The van der Waals surface area contributed by atoms with E-state index in [2.05, 4.69) is 0 Å². The Balaban J connectivity index is 2.92. The molecule has 1 aromatic rings. The van der Waals surface area contributed by atoms with Gasteiger partial charge in [-0.15, -0.1) is 0 Å². The molecular formula is C9H11F2NO. The maximum atomic E-state index is 12.2. The number of hydrogen-bond donors (Lipinski definition) is 1. The highest BCUT2D eigenvalue weighted by Gasteiger charge is 2.09. The van der Waals surface area contributed by atoms with Gasteiger partial charge in [0, 0.05) is 5.56 Å². The first kappa shape index (κ1) is 9.77. The third kappa shape index (κ3) is 2.31. The van der Waals surface area contributed by atoms with Crippen LogP contribution in [0.5, 0.6) is 5.75 Å². The van der Waals surface area contributed by atoms with Crippen molar-refractivity contribution in [2.24, 2.45) is 0 Å². The lowest BCUT2D eigenvalue weighted by Crippen LogP contribution is -1.97. The molecule has 0 saturated carbocycles. The van der Waals surface area contributed by atoms with Crippen molar-refractivity contribution in [2.75, 3.05) is 12.3 Å². The van der Waals surface area contributed by atoms with Crippen LogP contribution in [0.4, 0.5) is 14.5 Å². The van der Waals surface area contributed by atoms with Crippen LogP contribution in [0.2, 0.25) is 0 Å². The Kier molecular flexibility index (Phi) is 3.06. The largest absolute Gasteiger partial charge is 0.492 e. The van der Waals surface area contributed by atoms with E-state index in [9.17, 15) is 8.78 Å². The summed E-state index contributed by atoms with van der Waals surface area (Å²) >= 11 is 0. The number of ether oxygens (including phenoxy) is 1. The maximum Gasteiger partial charge on any atom is 0.263 e. The topological polar surface area (TPSA) is 35.2 Å². The van der Waals surface area contributed by atoms with Gasteiger partial charge in [0.05, 0.1) is 12.3 Å². The molecule has 4 heteroatoms. The molecule has 13 heavy (non-hydrogen) atoms. The third-order valence-corrected chi connectivity index (χ3v) is 1.59. The van der Waals surface area contributed by atoms with Gasteiger partial charge in [-0.25, -0.2) is 8.78 Å². The summed E-state index contributed by atoms with van der Waals surface area (Å²) in [4.78, 5) is 0. The van der Waals surface area contributed by atoms with Gasteiger partial charge in [-0.1, -0.05) is 0 Å². The van der Waals surface area contributed by atoms with Gasteiger partial charge in [0.2, 0.25) is 0 Å². The molecule has 0 aliphatic heterocycles. The van der Waals surface area contributed by atoms with E-state index in [-0.39, 0.29) is 11.3 Å². The second-order valence-electron chi connectivity index (χ2n) is 2.53. The van der Waals surface area contributed by atoms with E-state index in [0.717, 1.165) is 0 Å². The van der Waals surface area contributed by atoms with Crippen LogP contribution < -0.4 is 10.5 Å². The summed E-state index contributed by atoms with van der Waals surface area (Å²) in [6.07, 6.45) is -2.49. The van der Waals surface area contributed by atoms with Crippen LogP contribution in [-0.4, -0.2) is 6.61 Å². The second kappa shape index (κ2) is 4.07. The molecule has 0 aliphatic carbocycles. The van der Waals surface area contributed by atoms with Crippen LogP contribution in [0.25, 0.3) is 0 Å². The average Bonchev–Trinajstić information content (AvgIpc) is 2.08. The van der Waals surface area contributed by atoms with Crippen molar-refractivity contribution < 1.29 is 13.5 Å². The Morgan fingerprint density at radius 3 is 2.62 bits per heavy atom. The van der Waals surface area contributed by atoms with Gasteiger partial charge in [0.25, 0.3) is 6.43 Å². The summed E-state index contributed by atoms with van der Waals surface area (Å²) in [5.74, 6) is 0.451.